The highest BCUT2D eigenvalue weighted by molar-refractivity contribution is 7.92. The van der Waals surface area contributed by atoms with Crippen molar-refractivity contribution in [1.82, 2.24) is 4.90 Å². The summed E-state index contributed by atoms with van der Waals surface area (Å²) in [6.45, 7) is 1.04. The molecular formula is C24H21ClN2O3S. The first-order valence-electron chi connectivity index (χ1n) is 9.85. The molecule has 0 saturated heterocycles. The van der Waals surface area contributed by atoms with Gasteiger partial charge in [-0.3, -0.25) is 9.52 Å². The van der Waals surface area contributed by atoms with Gasteiger partial charge in [0.15, 0.2) is 0 Å². The van der Waals surface area contributed by atoms with Gasteiger partial charge in [-0.25, -0.2) is 8.42 Å². The number of carbonyl (C=O) groups excluding carboxylic acids is 1. The van der Waals surface area contributed by atoms with Crippen LogP contribution in [0.15, 0.2) is 89.8 Å². The molecule has 0 aromatic heterocycles. The summed E-state index contributed by atoms with van der Waals surface area (Å²) in [5.74, 6) is -0.210. The van der Waals surface area contributed by atoms with E-state index in [0.717, 1.165) is 12.0 Å². The monoisotopic (exact) mass is 452 g/mol. The molecule has 1 heterocycles. The summed E-state index contributed by atoms with van der Waals surface area (Å²) in [6.07, 6.45) is 2.80. The van der Waals surface area contributed by atoms with E-state index in [1.54, 1.807) is 29.2 Å². The zero-order chi connectivity index (χ0) is 21.8. The minimum atomic E-state index is -3.85. The summed E-state index contributed by atoms with van der Waals surface area (Å²) < 4.78 is 28.1. The SMILES string of the molecule is O=C(c1ccccc1NS(=O)(=O)c1ccc(Cl)cc1)N1CC=C(c2ccccc2)CC1. The zero-order valence-electron chi connectivity index (χ0n) is 16.7. The predicted molar refractivity (Wildman–Crippen MR) is 124 cm³/mol. The summed E-state index contributed by atoms with van der Waals surface area (Å²) in [6, 6.07) is 22.6. The van der Waals surface area contributed by atoms with Gasteiger partial charge in [0, 0.05) is 18.1 Å². The van der Waals surface area contributed by atoms with Crippen LogP contribution >= 0.6 is 11.6 Å². The second kappa shape index (κ2) is 8.96. The lowest BCUT2D eigenvalue weighted by Crippen LogP contribution is -2.35. The predicted octanol–water partition coefficient (Wildman–Crippen LogP) is 5.07. The van der Waals surface area contributed by atoms with Crippen molar-refractivity contribution in [3.63, 3.8) is 0 Å². The molecule has 3 aromatic carbocycles. The summed E-state index contributed by atoms with van der Waals surface area (Å²) >= 11 is 5.85. The summed E-state index contributed by atoms with van der Waals surface area (Å²) in [5.41, 5.74) is 2.93. The lowest BCUT2D eigenvalue weighted by Gasteiger charge is -2.27. The summed E-state index contributed by atoms with van der Waals surface area (Å²) in [5, 5.41) is 0.447. The number of hydrogen-bond donors (Lipinski definition) is 1. The lowest BCUT2D eigenvalue weighted by atomic mass is 9.99. The number of sulfonamides is 1. The van der Waals surface area contributed by atoms with Crippen molar-refractivity contribution in [1.29, 1.82) is 0 Å². The molecule has 3 aromatic rings. The van der Waals surface area contributed by atoms with Crippen LogP contribution in [0, 0.1) is 0 Å². The third kappa shape index (κ3) is 4.81. The van der Waals surface area contributed by atoms with Gasteiger partial charge in [0.25, 0.3) is 15.9 Å². The van der Waals surface area contributed by atoms with Gasteiger partial charge >= 0.3 is 0 Å². The third-order valence-corrected chi connectivity index (χ3v) is 6.80. The minimum Gasteiger partial charge on any atom is -0.335 e. The Morgan fingerprint density at radius 3 is 2.26 bits per heavy atom. The maximum Gasteiger partial charge on any atom is 0.261 e. The number of carbonyl (C=O) groups is 1. The quantitative estimate of drug-likeness (QED) is 0.587. The number of nitrogens with zero attached hydrogens (tertiary/aromatic N) is 1. The van der Waals surface area contributed by atoms with Crippen molar-refractivity contribution < 1.29 is 13.2 Å². The number of hydrogen-bond acceptors (Lipinski definition) is 3. The van der Waals surface area contributed by atoms with E-state index in [4.69, 9.17) is 11.6 Å². The Balaban J connectivity index is 1.54. The first-order valence-corrected chi connectivity index (χ1v) is 11.7. The summed E-state index contributed by atoms with van der Waals surface area (Å²) in [4.78, 5) is 15.0. The molecule has 0 aliphatic carbocycles. The van der Waals surface area contributed by atoms with E-state index in [0.29, 0.717) is 23.7 Å². The smallest absolute Gasteiger partial charge is 0.261 e. The highest BCUT2D eigenvalue weighted by Crippen LogP contribution is 2.26. The molecular weight excluding hydrogens is 432 g/mol. The van der Waals surface area contributed by atoms with E-state index in [1.807, 2.05) is 18.2 Å². The molecule has 0 fully saturated rings. The standard InChI is InChI=1S/C24H21ClN2O3S/c25-20-10-12-21(13-11-20)31(29,30)26-23-9-5-4-8-22(23)24(28)27-16-14-19(15-17-27)18-6-2-1-3-7-18/h1-14,26H,15-17H2. The molecule has 0 bridgehead atoms. The van der Waals surface area contributed by atoms with Crippen molar-refractivity contribution >= 4 is 38.8 Å². The highest BCUT2D eigenvalue weighted by atomic mass is 35.5. The first kappa shape index (κ1) is 21.2. The summed E-state index contributed by atoms with van der Waals surface area (Å²) in [7, 11) is -3.85. The maximum absolute atomic E-state index is 13.2. The Hall–Kier alpha value is -3.09. The van der Waals surface area contributed by atoms with E-state index in [2.05, 4.69) is 22.9 Å². The molecule has 0 atom stereocenters. The molecule has 0 unspecified atom stereocenters. The number of rotatable bonds is 5. The molecule has 1 N–H and O–H groups in total. The van der Waals surface area contributed by atoms with Crippen LogP contribution < -0.4 is 4.72 Å². The third-order valence-electron chi connectivity index (χ3n) is 5.17. The van der Waals surface area contributed by atoms with Crippen molar-refractivity contribution in [2.45, 2.75) is 11.3 Å². The molecule has 0 radical (unpaired) electrons. The van der Waals surface area contributed by atoms with Crippen LogP contribution in [0.1, 0.15) is 22.3 Å². The van der Waals surface area contributed by atoms with Crippen molar-refractivity contribution in [2.75, 3.05) is 17.8 Å². The average molecular weight is 453 g/mol. The van der Waals surface area contributed by atoms with Crippen LogP contribution in [0.4, 0.5) is 5.69 Å². The number of benzene rings is 3. The number of amides is 1. The molecule has 7 heteroatoms. The molecule has 4 rings (SSSR count). The number of para-hydroxylation sites is 1. The molecule has 31 heavy (non-hydrogen) atoms. The van der Waals surface area contributed by atoms with Gasteiger partial charge in [-0.1, -0.05) is 60.1 Å². The van der Waals surface area contributed by atoms with E-state index >= 15 is 0 Å². The number of anilines is 1. The Morgan fingerprint density at radius 2 is 1.58 bits per heavy atom. The van der Waals surface area contributed by atoms with Gasteiger partial charge in [-0.2, -0.15) is 0 Å². The molecule has 1 aliphatic rings. The van der Waals surface area contributed by atoms with Gasteiger partial charge < -0.3 is 4.90 Å². The van der Waals surface area contributed by atoms with Crippen LogP contribution in [-0.2, 0) is 10.0 Å². The largest absolute Gasteiger partial charge is 0.335 e. The molecule has 0 saturated carbocycles. The van der Waals surface area contributed by atoms with Crippen LogP contribution in [0.25, 0.3) is 5.57 Å². The topological polar surface area (TPSA) is 66.5 Å². The zero-order valence-corrected chi connectivity index (χ0v) is 18.2. The Morgan fingerprint density at radius 1 is 0.903 bits per heavy atom. The van der Waals surface area contributed by atoms with Crippen LogP contribution in [0.5, 0.6) is 0 Å². The van der Waals surface area contributed by atoms with Crippen molar-refractivity contribution in [2.24, 2.45) is 0 Å². The van der Waals surface area contributed by atoms with E-state index in [9.17, 15) is 13.2 Å². The minimum absolute atomic E-state index is 0.0764. The number of nitrogens with one attached hydrogen (secondary N) is 1. The lowest BCUT2D eigenvalue weighted by molar-refractivity contribution is 0.0774. The Kier molecular flexibility index (Phi) is 6.11. The van der Waals surface area contributed by atoms with Crippen LogP contribution in [0.2, 0.25) is 5.02 Å². The van der Waals surface area contributed by atoms with Crippen molar-refractivity contribution in [3.05, 3.63) is 101 Å². The van der Waals surface area contributed by atoms with Gasteiger partial charge in [-0.15, -0.1) is 0 Å². The molecule has 0 spiro atoms. The Bertz CT molecular complexity index is 1220. The van der Waals surface area contributed by atoms with E-state index in [1.165, 1.54) is 29.8 Å². The van der Waals surface area contributed by atoms with Gasteiger partial charge in [0.1, 0.15) is 0 Å². The second-order valence-electron chi connectivity index (χ2n) is 7.20. The highest BCUT2D eigenvalue weighted by Gasteiger charge is 2.23. The normalized spacial score (nSPS) is 14.1. The fraction of sp³-hybridized carbons (Fsp3) is 0.125. The van der Waals surface area contributed by atoms with E-state index in [-0.39, 0.29) is 16.5 Å². The Labute approximate surface area is 187 Å². The van der Waals surface area contributed by atoms with Crippen molar-refractivity contribution in [3.8, 4) is 0 Å². The van der Waals surface area contributed by atoms with Gasteiger partial charge in [-0.05, 0) is 54.0 Å². The molecule has 1 amide bonds. The number of halogens is 1. The van der Waals surface area contributed by atoms with E-state index < -0.39 is 10.0 Å². The fourth-order valence-corrected chi connectivity index (χ4v) is 4.72. The fourth-order valence-electron chi connectivity index (χ4n) is 3.51. The maximum atomic E-state index is 13.2. The molecule has 158 valence electrons. The average Bonchev–Trinajstić information content (AvgIpc) is 2.80. The van der Waals surface area contributed by atoms with Crippen LogP contribution in [-0.4, -0.2) is 32.3 Å². The molecule has 5 nitrogen and oxygen atoms in total. The molecule has 1 aliphatic heterocycles. The second-order valence-corrected chi connectivity index (χ2v) is 9.32. The van der Waals surface area contributed by atoms with Gasteiger partial charge in [0.05, 0.1) is 16.1 Å². The first-order chi connectivity index (χ1) is 14.9. The van der Waals surface area contributed by atoms with Gasteiger partial charge in [0.2, 0.25) is 0 Å². The van der Waals surface area contributed by atoms with Crippen LogP contribution in [0.3, 0.4) is 0 Å².